The third-order valence-electron chi connectivity index (χ3n) is 3.47. The zero-order chi connectivity index (χ0) is 14.9. The molecule has 0 bridgehead atoms. The summed E-state index contributed by atoms with van der Waals surface area (Å²) >= 11 is 0. The van der Waals surface area contributed by atoms with Crippen molar-refractivity contribution in [3.63, 3.8) is 0 Å². The van der Waals surface area contributed by atoms with E-state index in [1.165, 1.54) is 7.11 Å². The summed E-state index contributed by atoms with van der Waals surface area (Å²) in [4.78, 5) is 23.6. The van der Waals surface area contributed by atoms with Crippen LogP contribution in [0.25, 0.3) is 10.9 Å². The van der Waals surface area contributed by atoms with Crippen LogP contribution in [0.1, 0.15) is 23.1 Å². The Morgan fingerprint density at radius 2 is 1.90 bits per heavy atom. The summed E-state index contributed by atoms with van der Waals surface area (Å²) in [6, 6.07) is 3.96. The quantitative estimate of drug-likeness (QED) is 0.807. The van der Waals surface area contributed by atoms with Crippen molar-refractivity contribution in [2.24, 2.45) is 0 Å². The third-order valence-corrected chi connectivity index (χ3v) is 3.47. The van der Waals surface area contributed by atoms with Gasteiger partial charge in [-0.15, -0.1) is 0 Å². The SMILES string of the molecule is COC(=O)CCn1cc(C)c(=O)c2cc(C)cc(C)c21. The summed E-state index contributed by atoms with van der Waals surface area (Å²) in [5.41, 5.74) is 3.75. The summed E-state index contributed by atoms with van der Waals surface area (Å²) in [5.74, 6) is -0.251. The minimum absolute atomic E-state index is 0.0566. The number of fused-ring (bicyclic) bond motifs is 1. The molecule has 0 amide bonds. The van der Waals surface area contributed by atoms with Crippen molar-refractivity contribution in [2.75, 3.05) is 7.11 Å². The van der Waals surface area contributed by atoms with Gasteiger partial charge in [0.1, 0.15) is 0 Å². The Bertz CT molecular complexity index is 729. The highest BCUT2D eigenvalue weighted by molar-refractivity contribution is 5.83. The van der Waals surface area contributed by atoms with Crippen LogP contribution in [0.5, 0.6) is 0 Å². The molecule has 2 aromatic rings. The molecule has 0 unspecified atom stereocenters. The van der Waals surface area contributed by atoms with Crippen LogP contribution in [0.15, 0.2) is 23.1 Å². The smallest absolute Gasteiger partial charge is 0.307 e. The maximum atomic E-state index is 12.3. The number of aromatic nitrogens is 1. The molecule has 0 N–H and O–H groups in total. The molecule has 0 saturated heterocycles. The van der Waals surface area contributed by atoms with Gasteiger partial charge >= 0.3 is 5.97 Å². The number of hydrogen-bond donors (Lipinski definition) is 0. The van der Waals surface area contributed by atoms with Gasteiger partial charge in [0, 0.05) is 23.7 Å². The molecule has 106 valence electrons. The van der Waals surface area contributed by atoms with Crippen LogP contribution in [0.2, 0.25) is 0 Å². The normalized spacial score (nSPS) is 10.8. The number of carbonyl (C=O) groups excluding carboxylic acids is 1. The zero-order valence-corrected chi connectivity index (χ0v) is 12.3. The van der Waals surface area contributed by atoms with Crippen LogP contribution in [0, 0.1) is 20.8 Å². The van der Waals surface area contributed by atoms with E-state index in [0.29, 0.717) is 23.9 Å². The van der Waals surface area contributed by atoms with Crippen molar-refractivity contribution in [2.45, 2.75) is 33.7 Å². The maximum absolute atomic E-state index is 12.3. The van der Waals surface area contributed by atoms with E-state index in [1.54, 1.807) is 6.92 Å². The van der Waals surface area contributed by atoms with Gasteiger partial charge in [0.05, 0.1) is 19.0 Å². The van der Waals surface area contributed by atoms with E-state index < -0.39 is 0 Å². The van der Waals surface area contributed by atoms with E-state index in [2.05, 4.69) is 4.74 Å². The summed E-state index contributed by atoms with van der Waals surface area (Å²) in [7, 11) is 1.38. The van der Waals surface area contributed by atoms with Crippen LogP contribution in [-0.4, -0.2) is 17.6 Å². The van der Waals surface area contributed by atoms with E-state index in [-0.39, 0.29) is 11.4 Å². The van der Waals surface area contributed by atoms with Gasteiger partial charge in [0.25, 0.3) is 0 Å². The van der Waals surface area contributed by atoms with Crippen molar-refractivity contribution in [1.82, 2.24) is 4.57 Å². The van der Waals surface area contributed by atoms with E-state index in [9.17, 15) is 9.59 Å². The average molecular weight is 273 g/mol. The lowest BCUT2D eigenvalue weighted by Gasteiger charge is -2.14. The topological polar surface area (TPSA) is 48.3 Å². The number of pyridine rings is 1. The molecule has 0 fully saturated rings. The fourth-order valence-electron chi connectivity index (χ4n) is 2.57. The molecular weight excluding hydrogens is 254 g/mol. The molecule has 1 aromatic heterocycles. The highest BCUT2D eigenvalue weighted by atomic mass is 16.5. The van der Waals surface area contributed by atoms with Gasteiger partial charge in [-0.25, -0.2) is 0 Å². The summed E-state index contributed by atoms with van der Waals surface area (Å²) in [6.07, 6.45) is 2.11. The predicted octanol–water partition coefficient (Wildman–Crippen LogP) is 2.49. The van der Waals surface area contributed by atoms with Crippen LogP contribution in [-0.2, 0) is 16.1 Å². The first-order valence-electron chi connectivity index (χ1n) is 6.62. The number of benzene rings is 1. The molecule has 0 spiro atoms. The van der Waals surface area contributed by atoms with Crippen molar-refractivity contribution >= 4 is 16.9 Å². The number of rotatable bonds is 3. The number of esters is 1. The lowest BCUT2D eigenvalue weighted by atomic mass is 10.0. The van der Waals surface area contributed by atoms with Gasteiger partial charge in [-0.2, -0.15) is 0 Å². The molecule has 0 aliphatic carbocycles. The van der Waals surface area contributed by atoms with Crippen LogP contribution < -0.4 is 5.43 Å². The van der Waals surface area contributed by atoms with Gasteiger partial charge in [-0.05, 0) is 38.0 Å². The Morgan fingerprint density at radius 3 is 2.55 bits per heavy atom. The van der Waals surface area contributed by atoms with Crippen LogP contribution in [0.3, 0.4) is 0 Å². The van der Waals surface area contributed by atoms with E-state index in [4.69, 9.17) is 0 Å². The number of aryl methyl sites for hydroxylation is 4. The van der Waals surface area contributed by atoms with E-state index >= 15 is 0 Å². The van der Waals surface area contributed by atoms with Gasteiger partial charge in [0.15, 0.2) is 5.43 Å². The summed E-state index contributed by atoms with van der Waals surface area (Å²) in [6.45, 7) is 6.27. The molecule has 0 radical (unpaired) electrons. The minimum Gasteiger partial charge on any atom is -0.469 e. The molecular formula is C16H19NO3. The third kappa shape index (κ3) is 2.59. The minimum atomic E-state index is -0.251. The lowest BCUT2D eigenvalue weighted by Crippen LogP contribution is -2.15. The van der Waals surface area contributed by atoms with Crippen LogP contribution in [0.4, 0.5) is 0 Å². The summed E-state index contributed by atoms with van der Waals surface area (Å²) in [5, 5.41) is 0.715. The Morgan fingerprint density at radius 1 is 1.20 bits per heavy atom. The van der Waals surface area contributed by atoms with Gasteiger partial charge in [-0.3, -0.25) is 9.59 Å². The Labute approximate surface area is 118 Å². The molecule has 0 aliphatic rings. The maximum Gasteiger partial charge on any atom is 0.307 e. The first-order chi connectivity index (χ1) is 9.43. The van der Waals surface area contributed by atoms with Gasteiger partial charge in [0.2, 0.25) is 0 Å². The molecule has 1 aromatic carbocycles. The number of methoxy groups -OCH3 is 1. The van der Waals surface area contributed by atoms with E-state index in [0.717, 1.165) is 16.6 Å². The fraction of sp³-hybridized carbons (Fsp3) is 0.375. The first-order valence-corrected chi connectivity index (χ1v) is 6.62. The fourth-order valence-corrected chi connectivity index (χ4v) is 2.57. The largest absolute Gasteiger partial charge is 0.469 e. The van der Waals surface area contributed by atoms with Crippen molar-refractivity contribution in [3.8, 4) is 0 Å². The zero-order valence-electron chi connectivity index (χ0n) is 12.3. The van der Waals surface area contributed by atoms with Crippen molar-refractivity contribution in [3.05, 3.63) is 45.2 Å². The molecule has 2 rings (SSSR count). The van der Waals surface area contributed by atoms with Gasteiger partial charge < -0.3 is 9.30 Å². The standard InChI is InChI=1S/C16H19NO3/c1-10-7-11(2)15-13(8-10)16(19)12(3)9-17(15)6-5-14(18)20-4/h7-9H,5-6H2,1-4H3. The molecule has 4 heteroatoms. The Balaban J connectivity index is 2.63. The van der Waals surface area contributed by atoms with Crippen LogP contribution >= 0.6 is 0 Å². The number of hydrogen-bond acceptors (Lipinski definition) is 3. The second-order valence-corrected chi connectivity index (χ2v) is 5.14. The second kappa shape index (κ2) is 5.49. The monoisotopic (exact) mass is 273 g/mol. The van der Waals surface area contributed by atoms with E-state index in [1.807, 2.05) is 36.7 Å². The van der Waals surface area contributed by atoms with Crippen molar-refractivity contribution in [1.29, 1.82) is 0 Å². The van der Waals surface area contributed by atoms with Gasteiger partial charge in [-0.1, -0.05) is 6.07 Å². The Kier molecular flexibility index (Phi) is 3.93. The molecule has 20 heavy (non-hydrogen) atoms. The first kappa shape index (κ1) is 14.3. The molecule has 1 heterocycles. The van der Waals surface area contributed by atoms with Crippen molar-refractivity contribution < 1.29 is 9.53 Å². The number of carbonyl (C=O) groups is 1. The molecule has 0 atom stereocenters. The molecule has 0 aliphatic heterocycles. The predicted molar refractivity (Wildman–Crippen MR) is 79.1 cm³/mol. The molecule has 4 nitrogen and oxygen atoms in total. The second-order valence-electron chi connectivity index (χ2n) is 5.14. The number of nitrogens with zero attached hydrogens (tertiary/aromatic N) is 1. The lowest BCUT2D eigenvalue weighted by molar-refractivity contribution is -0.140. The highest BCUT2D eigenvalue weighted by Crippen LogP contribution is 2.19. The average Bonchev–Trinajstić information content (AvgIpc) is 2.40. The molecule has 0 saturated carbocycles. The Hall–Kier alpha value is -2.10. The number of ether oxygens (including phenoxy) is 1. The summed E-state index contributed by atoms with van der Waals surface area (Å²) < 4.78 is 6.64. The highest BCUT2D eigenvalue weighted by Gasteiger charge is 2.10.